The molecule has 3 heteroatoms. The second-order valence-corrected chi connectivity index (χ2v) is 6.20. The van der Waals surface area contributed by atoms with Crippen molar-refractivity contribution in [3.05, 3.63) is 29.3 Å². The predicted octanol–water partition coefficient (Wildman–Crippen LogP) is 3.86. The van der Waals surface area contributed by atoms with E-state index in [-0.39, 0.29) is 5.91 Å². The van der Waals surface area contributed by atoms with Crippen LogP contribution in [0.25, 0.3) is 0 Å². The van der Waals surface area contributed by atoms with E-state index in [1.165, 1.54) is 24.8 Å². The molecule has 1 saturated carbocycles. The maximum atomic E-state index is 12.5. The molecule has 1 aromatic rings. The Morgan fingerprint density at radius 2 is 1.90 bits per heavy atom. The van der Waals surface area contributed by atoms with Gasteiger partial charge in [-0.05, 0) is 50.8 Å². The SMILES string of the molecule is Cc1cccc(OC(C)C(=O)N(C)C2CCCCC2)c1C. The third-order valence-electron chi connectivity index (χ3n) is 4.68. The Hall–Kier alpha value is -1.51. The third kappa shape index (κ3) is 3.78. The minimum atomic E-state index is -0.433. The molecule has 0 heterocycles. The summed E-state index contributed by atoms with van der Waals surface area (Å²) in [6, 6.07) is 6.35. The van der Waals surface area contributed by atoms with E-state index < -0.39 is 6.10 Å². The number of likely N-dealkylation sites (N-methyl/N-ethyl adjacent to an activating group) is 1. The molecule has 1 aliphatic rings. The quantitative estimate of drug-likeness (QED) is 0.842. The number of hydrogen-bond donors (Lipinski definition) is 0. The van der Waals surface area contributed by atoms with Crippen molar-refractivity contribution >= 4 is 5.91 Å². The van der Waals surface area contributed by atoms with Crippen LogP contribution < -0.4 is 4.74 Å². The number of ether oxygens (including phenoxy) is 1. The molecule has 0 saturated heterocycles. The lowest BCUT2D eigenvalue weighted by atomic mass is 9.94. The summed E-state index contributed by atoms with van der Waals surface area (Å²) in [4.78, 5) is 14.4. The molecule has 0 N–H and O–H groups in total. The predicted molar refractivity (Wildman–Crippen MR) is 85.6 cm³/mol. The van der Waals surface area contributed by atoms with Crippen LogP contribution >= 0.6 is 0 Å². The highest BCUT2D eigenvalue weighted by Crippen LogP contribution is 2.24. The molecule has 0 spiro atoms. The molecule has 1 amide bonds. The van der Waals surface area contributed by atoms with Crippen molar-refractivity contribution in [2.45, 2.75) is 65.0 Å². The van der Waals surface area contributed by atoms with Gasteiger partial charge in [0.2, 0.25) is 0 Å². The lowest BCUT2D eigenvalue weighted by molar-refractivity contribution is -0.139. The van der Waals surface area contributed by atoms with E-state index in [1.807, 2.05) is 37.9 Å². The summed E-state index contributed by atoms with van der Waals surface area (Å²) in [6.07, 6.45) is 5.57. The van der Waals surface area contributed by atoms with Crippen molar-refractivity contribution in [2.24, 2.45) is 0 Å². The van der Waals surface area contributed by atoms with Crippen LogP contribution in [0.3, 0.4) is 0 Å². The molecule has 0 radical (unpaired) electrons. The van der Waals surface area contributed by atoms with Gasteiger partial charge in [0.05, 0.1) is 0 Å². The zero-order valence-corrected chi connectivity index (χ0v) is 13.7. The molecule has 0 aliphatic heterocycles. The summed E-state index contributed by atoms with van der Waals surface area (Å²) in [5.41, 5.74) is 2.30. The molecule has 1 aromatic carbocycles. The summed E-state index contributed by atoms with van der Waals surface area (Å²) >= 11 is 0. The number of benzene rings is 1. The van der Waals surface area contributed by atoms with Gasteiger partial charge in [-0.25, -0.2) is 0 Å². The van der Waals surface area contributed by atoms with Gasteiger partial charge in [0.1, 0.15) is 5.75 Å². The Balaban J connectivity index is 2.00. The molecule has 3 nitrogen and oxygen atoms in total. The van der Waals surface area contributed by atoms with E-state index in [0.29, 0.717) is 6.04 Å². The Kier molecular flexibility index (Phi) is 5.27. The standard InChI is InChI=1S/C18H27NO2/c1-13-9-8-12-17(14(13)2)21-15(3)18(20)19(4)16-10-6-5-7-11-16/h8-9,12,15-16H,5-7,10-11H2,1-4H3. The molecule has 21 heavy (non-hydrogen) atoms. The zero-order valence-electron chi connectivity index (χ0n) is 13.7. The average Bonchev–Trinajstić information content (AvgIpc) is 2.51. The Labute approximate surface area is 128 Å². The number of carbonyl (C=O) groups is 1. The normalized spacial score (nSPS) is 17.3. The third-order valence-corrected chi connectivity index (χ3v) is 4.68. The first kappa shape index (κ1) is 15.9. The van der Waals surface area contributed by atoms with Crippen LogP contribution in [0.2, 0.25) is 0 Å². The number of nitrogens with zero attached hydrogens (tertiary/aromatic N) is 1. The Morgan fingerprint density at radius 3 is 2.57 bits per heavy atom. The monoisotopic (exact) mass is 289 g/mol. The van der Waals surface area contributed by atoms with Crippen molar-refractivity contribution in [3.63, 3.8) is 0 Å². The van der Waals surface area contributed by atoms with Crippen LogP contribution in [0, 0.1) is 13.8 Å². The smallest absolute Gasteiger partial charge is 0.263 e. The van der Waals surface area contributed by atoms with Crippen LogP contribution in [0.5, 0.6) is 5.75 Å². The minimum absolute atomic E-state index is 0.0859. The topological polar surface area (TPSA) is 29.5 Å². The van der Waals surface area contributed by atoms with Crippen LogP contribution in [0.15, 0.2) is 18.2 Å². The van der Waals surface area contributed by atoms with Crippen LogP contribution in [-0.4, -0.2) is 30.0 Å². The summed E-state index contributed by atoms with van der Waals surface area (Å²) in [5.74, 6) is 0.899. The van der Waals surface area contributed by atoms with Gasteiger partial charge in [0.25, 0.3) is 5.91 Å². The fraction of sp³-hybridized carbons (Fsp3) is 0.611. The minimum Gasteiger partial charge on any atom is -0.481 e. The second kappa shape index (κ2) is 6.97. The molecule has 1 atom stereocenters. The average molecular weight is 289 g/mol. The first-order chi connectivity index (χ1) is 10.0. The lowest BCUT2D eigenvalue weighted by Crippen LogP contribution is -2.44. The summed E-state index contributed by atoms with van der Waals surface area (Å²) in [6.45, 7) is 5.94. The maximum Gasteiger partial charge on any atom is 0.263 e. The Morgan fingerprint density at radius 1 is 1.24 bits per heavy atom. The summed E-state index contributed by atoms with van der Waals surface area (Å²) < 4.78 is 5.91. The van der Waals surface area contributed by atoms with E-state index in [4.69, 9.17) is 4.74 Å². The second-order valence-electron chi connectivity index (χ2n) is 6.20. The van der Waals surface area contributed by atoms with E-state index in [9.17, 15) is 4.79 Å². The van der Waals surface area contributed by atoms with Crippen LogP contribution in [-0.2, 0) is 4.79 Å². The van der Waals surface area contributed by atoms with E-state index in [2.05, 4.69) is 13.0 Å². The zero-order chi connectivity index (χ0) is 15.4. The van der Waals surface area contributed by atoms with Crippen molar-refractivity contribution in [3.8, 4) is 5.75 Å². The maximum absolute atomic E-state index is 12.5. The van der Waals surface area contributed by atoms with Gasteiger partial charge in [-0.3, -0.25) is 4.79 Å². The van der Waals surface area contributed by atoms with Crippen LogP contribution in [0.4, 0.5) is 0 Å². The largest absolute Gasteiger partial charge is 0.481 e. The van der Waals surface area contributed by atoms with Crippen molar-refractivity contribution < 1.29 is 9.53 Å². The highest BCUT2D eigenvalue weighted by Gasteiger charge is 2.26. The van der Waals surface area contributed by atoms with Gasteiger partial charge in [0, 0.05) is 13.1 Å². The molecule has 0 aromatic heterocycles. The molecule has 1 unspecified atom stereocenters. The molecule has 116 valence electrons. The fourth-order valence-corrected chi connectivity index (χ4v) is 3.03. The van der Waals surface area contributed by atoms with Gasteiger partial charge in [-0.15, -0.1) is 0 Å². The number of aryl methyl sites for hydroxylation is 1. The molecule has 2 rings (SSSR count). The van der Waals surface area contributed by atoms with Crippen LogP contribution in [0.1, 0.15) is 50.2 Å². The lowest BCUT2D eigenvalue weighted by Gasteiger charge is -2.33. The fourth-order valence-electron chi connectivity index (χ4n) is 3.03. The first-order valence-corrected chi connectivity index (χ1v) is 8.00. The Bertz CT molecular complexity index is 492. The van der Waals surface area contributed by atoms with E-state index in [1.54, 1.807) is 0 Å². The summed E-state index contributed by atoms with van der Waals surface area (Å²) in [7, 11) is 1.92. The molecular weight excluding hydrogens is 262 g/mol. The first-order valence-electron chi connectivity index (χ1n) is 8.00. The van der Waals surface area contributed by atoms with E-state index in [0.717, 1.165) is 24.2 Å². The highest BCUT2D eigenvalue weighted by atomic mass is 16.5. The van der Waals surface area contributed by atoms with Gasteiger partial charge in [-0.1, -0.05) is 31.4 Å². The summed E-state index contributed by atoms with van der Waals surface area (Å²) in [5, 5.41) is 0. The molecule has 1 fully saturated rings. The van der Waals surface area contributed by atoms with Gasteiger partial charge >= 0.3 is 0 Å². The number of amides is 1. The number of hydrogen-bond acceptors (Lipinski definition) is 2. The van der Waals surface area contributed by atoms with Gasteiger partial charge in [-0.2, -0.15) is 0 Å². The molecule has 0 bridgehead atoms. The van der Waals surface area contributed by atoms with Crippen molar-refractivity contribution in [2.75, 3.05) is 7.05 Å². The van der Waals surface area contributed by atoms with Crippen molar-refractivity contribution in [1.29, 1.82) is 0 Å². The van der Waals surface area contributed by atoms with E-state index >= 15 is 0 Å². The number of rotatable bonds is 4. The molecular formula is C18H27NO2. The van der Waals surface area contributed by atoms with Gasteiger partial charge in [0.15, 0.2) is 6.10 Å². The van der Waals surface area contributed by atoms with Gasteiger partial charge < -0.3 is 9.64 Å². The molecule has 1 aliphatic carbocycles. The van der Waals surface area contributed by atoms with Crippen molar-refractivity contribution in [1.82, 2.24) is 4.90 Å². The number of carbonyl (C=O) groups excluding carboxylic acids is 1. The highest BCUT2D eigenvalue weighted by molar-refractivity contribution is 5.81.